The molecule has 2 atom stereocenters. The van der Waals surface area contributed by atoms with Gasteiger partial charge < -0.3 is 10.0 Å². The second kappa shape index (κ2) is 8.02. The van der Waals surface area contributed by atoms with Crippen LogP contribution >= 0.6 is 23.2 Å². The minimum absolute atomic E-state index is 0.139. The van der Waals surface area contributed by atoms with Gasteiger partial charge in [-0.3, -0.25) is 4.79 Å². The van der Waals surface area contributed by atoms with Crippen LogP contribution in [0.15, 0.2) is 18.2 Å². The predicted molar refractivity (Wildman–Crippen MR) is 104 cm³/mol. The van der Waals surface area contributed by atoms with Gasteiger partial charge in [-0.1, -0.05) is 29.3 Å². The molecular weight excluding hydrogens is 399 g/mol. The molecule has 0 spiro atoms. The number of carboxylic acid groups (broad SMARTS) is 1. The van der Waals surface area contributed by atoms with E-state index in [9.17, 15) is 18.3 Å². The van der Waals surface area contributed by atoms with E-state index in [4.69, 9.17) is 23.2 Å². The van der Waals surface area contributed by atoms with Gasteiger partial charge >= 0.3 is 5.97 Å². The molecule has 1 saturated heterocycles. The van der Waals surface area contributed by atoms with E-state index in [-0.39, 0.29) is 6.04 Å². The number of rotatable bonds is 6. The number of nitrogens with zero attached hydrogens (tertiary/aromatic N) is 2. The monoisotopic (exact) mass is 422 g/mol. The van der Waals surface area contributed by atoms with Crippen molar-refractivity contribution in [3.05, 3.63) is 33.8 Å². The van der Waals surface area contributed by atoms with Crippen LogP contribution in [0.1, 0.15) is 25.8 Å². The van der Waals surface area contributed by atoms with Crippen LogP contribution in [-0.4, -0.2) is 67.2 Å². The summed E-state index contributed by atoms with van der Waals surface area (Å²) < 4.78 is 25.0. The highest BCUT2D eigenvalue weighted by Gasteiger charge is 2.37. The van der Waals surface area contributed by atoms with Gasteiger partial charge in [-0.2, -0.15) is 4.31 Å². The van der Waals surface area contributed by atoms with Crippen LogP contribution < -0.4 is 0 Å². The van der Waals surface area contributed by atoms with Gasteiger partial charge in [0.25, 0.3) is 0 Å². The molecule has 26 heavy (non-hydrogen) atoms. The third-order valence-electron chi connectivity index (χ3n) is 5.03. The van der Waals surface area contributed by atoms with Crippen LogP contribution in [0.25, 0.3) is 0 Å². The van der Waals surface area contributed by atoms with E-state index in [0.717, 1.165) is 0 Å². The van der Waals surface area contributed by atoms with E-state index in [1.54, 1.807) is 25.1 Å². The summed E-state index contributed by atoms with van der Waals surface area (Å²) in [5, 5.41) is 10.5. The molecule has 1 heterocycles. The number of carbonyl (C=O) groups is 1. The fourth-order valence-corrected chi connectivity index (χ4v) is 4.74. The third kappa shape index (κ3) is 4.70. The van der Waals surface area contributed by atoms with Crippen LogP contribution in [0.5, 0.6) is 0 Å². The zero-order chi connectivity index (χ0) is 19.7. The Balaban J connectivity index is 2.10. The zero-order valence-corrected chi connectivity index (χ0v) is 17.4. The van der Waals surface area contributed by atoms with Crippen LogP contribution in [0, 0.1) is 0 Å². The SMILES string of the molecule is CC1CN(CCC(C)(C(=O)O)c2ccc(Cl)c(Cl)c2)CCN1S(C)(=O)=O. The molecule has 0 saturated carbocycles. The van der Waals surface area contributed by atoms with E-state index >= 15 is 0 Å². The van der Waals surface area contributed by atoms with Crippen molar-refractivity contribution in [2.45, 2.75) is 31.7 Å². The first-order valence-electron chi connectivity index (χ1n) is 8.33. The quantitative estimate of drug-likeness (QED) is 0.762. The summed E-state index contributed by atoms with van der Waals surface area (Å²) in [7, 11) is -3.22. The lowest BCUT2D eigenvalue weighted by Crippen LogP contribution is -2.54. The maximum Gasteiger partial charge on any atom is 0.313 e. The number of benzene rings is 1. The largest absolute Gasteiger partial charge is 0.481 e. The number of aliphatic carboxylic acids is 1. The summed E-state index contributed by atoms with van der Waals surface area (Å²) in [6.07, 6.45) is 1.59. The number of hydrogen-bond donors (Lipinski definition) is 1. The molecule has 1 aromatic rings. The molecule has 1 N–H and O–H groups in total. The molecule has 9 heteroatoms. The van der Waals surface area contributed by atoms with E-state index in [0.29, 0.717) is 48.2 Å². The fraction of sp³-hybridized carbons (Fsp3) is 0.588. The molecule has 2 rings (SSSR count). The molecule has 1 aromatic carbocycles. The van der Waals surface area contributed by atoms with Crippen molar-refractivity contribution in [1.82, 2.24) is 9.21 Å². The van der Waals surface area contributed by atoms with E-state index in [1.807, 2.05) is 6.92 Å². The highest BCUT2D eigenvalue weighted by Crippen LogP contribution is 2.33. The standard InChI is InChI=1S/C17H24Cl2N2O4S/c1-12-11-20(8-9-21(12)26(3,24)25)7-6-17(2,16(22)23)13-4-5-14(18)15(19)10-13/h4-5,10,12H,6-9,11H2,1-3H3,(H,22,23). The Kier molecular flexibility index (Phi) is 6.62. The first kappa shape index (κ1) is 21.4. The summed E-state index contributed by atoms with van der Waals surface area (Å²) in [5.41, 5.74) is -0.506. The summed E-state index contributed by atoms with van der Waals surface area (Å²) in [6, 6.07) is 4.75. The number of piperazine rings is 1. The Morgan fingerprint density at radius 1 is 1.31 bits per heavy atom. The molecule has 1 fully saturated rings. The van der Waals surface area contributed by atoms with Crippen molar-refractivity contribution >= 4 is 39.2 Å². The van der Waals surface area contributed by atoms with E-state index in [1.165, 1.54) is 10.6 Å². The van der Waals surface area contributed by atoms with Crippen molar-refractivity contribution in [2.24, 2.45) is 0 Å². The van der Waals surface area contributed by atoms with Crippen LogP contribution in [0.2, 0.25) is 10.0 Å². The Hall–Kier alpha value is -0.860. The Morgan fingerprint density at radius 2 is 1.96 bits per heavy atom. The molecule has 1 aliphatic heterocycles. The summed E-state index contributed by atoms with van der Waals surface area (Å²) >= 11 is 12.0. The number of sulfonamides is 1. The smallest absolute Gasteiger partial charge is 0.313 e. The van der Waals surface area contributed by atoms with Crippen molar-refractivity contribution < 1.29 is 18.3 Å². The average molecular weight is 423 g/mol. The van der Waals surface area contributed by atoms with Crippen LogP contribution in [0.3, 0.4) is 0 Å². The van der Waals surface area contributed by atoms with E-state index in [2.05, 4.69) is 4.90 Å². The van der Waals surface area contributed by atoms with Crippen molar-refractivity contribution in [3.8, 4) is 0 Å². The molecule has 2 unspecified atom stereocenters. The Bertz CT molecular complexity index is 787. The van der Waals surface area contributed by atoms with Gasteiger partial charge in [0.2, 0.25) is 10.0 Å². The number of carboxylic acids is 1. The van der Waals surface area contributed by atoms with Gasteiger partial charge in [0.05, 0.1) is 21.7 Å². The lowest BCUT2D eigenvalue weighted by molar-refractivity contribution is -0.143. The van der Waals surface area contributed by atoms with Crippen molar-refractivity contribution in [2.75, 3.05) is 32.4 Å². The van der Waals surface area contributed by atoms with Gasteiger partial charge in [-0.05, 0) is 44.5 Å². The van der Waals surface area contributed by atoms with Gasteiger partial charge in [-0.15, -0.1) is 0 Å². The molecule has 0 aliphatic carbocycles. The number of halogens is 2. The number of hydrogen-bond acceptors (Lipinski definition) is 4. The van der Waals surface area contributed by atoms with Gasteiger partial charge in [0.1, 0.15) is 0 Å². The highest BCUT2D eigenvalue weighted by atomic mass is 35.5. The van der Waals surface area contributed by atoms with Crippen LogP contribution in [-0.2, 0) is 20.2 Å². The first-order chi connectivity index (χ1) is 11.9. The molecule has 6 nitrogen and oxygen atoms in total. The van der Waals surface area contributed by atoms with Gasteiger partial charge in [0.15, 0.2) is 0 Å². The molecular formula is C17H24Cl2N2O4S. The molecule has 0 bridgehead atoms. The minimum atomic E-state index is -3.22. The lowest BCUT2D eigenvalue weighted by Gasteiger charge is -2.39. The molecule has 146 valence electrons. The summed E-state index contributed by atoms with van der Waals surface area (Å²) in [4.78, 5) is 14.1. The topological polar surface area (TPSA) is 77.9 Å². The Labute approximate surface area is 164 Å². The predicted octanol–water partition coefficient (Wildman–Crippen LogP) is 2.69. The lowest BCUT2D eigenvalue weighted by atomic mass is 9.79. The van der Waals surface area contributed by atoms with Crippen molar-refractivity contribution in [3.63, 3.8) is 0 Å². The maximum atomic E-state index is 12.0. The second-order valence-electron chi connectivity index (χ2n) is 7.04. The Morgan fingerprint density at radius 3 is 2.46 bits per heavy atom. The summed E-state index contributed by atoms with van der Waals surface area (Å²) in [5.74, 6) is -0.932. The molecule has 0 amide bonds. The fourth-order valence-electron chi connectivity index (χ4n) is 3.31. The third-order valence-corrected chi connectivity index (χ3v) is 7.17. The van der Waals surface area contributed by atoms with Crippen molar-refractivity contribution in [1.29, 1.82) is 0 Å². The van der Waals surface area contributed by atoms with Crippen LogP contribution in [0.4, 0.5) is 0 Å². The second-order valence-corrected chi connectivity index (χ2v) is 9.79. The first-order valence-corrected chi connectivity index (χ1v) is 10.9. The average Bonchev–Trinajstić information content (AvgIpc) is 2.53. The highest BCUT2D eigenvalue weighted by molar-refractivity contribution is 7.88. The molecule has 0 radical (unpaired) electrons. The minimum Gasteiger partial charge on any atom is -0.481 e. The maximum absolute atomic E-state index is 12.0. The van der Waals surface area contributed by atoms with Gasteiger partial charge in [-0.25, -0.2) is 8.42 Å². The normalized spacial score (nSPS) is 22.1. The zero-order valence-electron chi connectivity index (χ0n) is 15.1. The summed E-state index contributed by atoms with van der Waals surface area (Å²) in [6.45, 7) is 5.65. The molecule has 0 aromatic heterocycles. The van der Waals surface area contributed by atoms with E-state index < -0.39 is 21.4 Å². The van der Waals surface area contributed by atoms with Gasteiger partial charge in [0, 0.05) is 25.7 Å². The molecule has 1 aliphatic rings.